The van der Waals surface area contributed by atoms with Gasteiger partial charge in [-0.2, -0.15) is 0 Å². The normalized spacial score (nSPS) is 51.1. The number of rotatable bonds is 7. The number of amides is 4. The van der Waals surface area contributed by atoms with Crippen molar-refractivity contribution < 1.29 is 19.2 Å². The molecule has 8 N–H and O–H groups in total. The lowest BCUT2D eigenvalue weighted by atomic mass is 9.62. The molecule has 4 bridgehead atoms. The second kappa shape index (κ2) is 8.19. The lowest BCUT2D eigenvalue weighted by molar-refractivity contribution is -0.137. The molecule has 0 aromatic heterocycles. The van der Waals surface area contributed by atoms with Crippen molar-refractivity contribution in [2.45, 2.75) is 45.0 Å². The van der Waals surface area contributed by atoms with Crippen LogP contribution in [0.2, 0.25) is 0 Å². The lowest BCUT2D eigenvalue weighted by Gasteiger charge is -2.46. The first-order valence-corrected chi connectivity index (χ1v) is 14.2. The van der Waals surface area contributed by atoms with Crippen LogP contribution >= 0.6 is 63.7 Å². The van der Waals surface area contributed by atoms with Crippen LogP contribution in [0.25, 0.3) is 0 Å². The molecule has 12 unspecified atom stereocenters. The number of nitrogens with two attached hydrogens (primary N) is 4. The molecule has 4 fully saturated rings. The Balaban J connectivity index is 1.72. The van der Waals surface area contributed by atoms with Gasteiger partial charge >= 0.3 is 0 Å². The number of fused-ring (bicyclic) bond motifs is 4. The first-order chi connectivity index (χ1) is 14.8. The Morgan fingerprint density at radius 1 is 0.625 bits per heavy atom. The maximum atomic E-state index is 12.6. The number of carbonyl (C=O) groups is 4. The minimum absolute atomic E-state index is 0.0398. The van der Waals surface area contributed by atoms with E-state index in [0.717, 1.165) is 0 Å². The van der Waals surface area contributed by atoms with Crippen LogP contribution in [0.4, 0.5) is 0 Å². The van der Waals surface area contributed by atoms with E-state index < -0.39 is 58.1 Å². The SMILES string of the molecule is NC(=O)C1C2CC(CCC34CC(C(Br)C3Br)C(C(N)=O)C4C(N)=O)(C(Br)C2Br)C1C(N)=O. The van der Waals surface area contributed by atoms with Crippen LogP contribution in [0, 0.1) is 46.3 Å². The molecule has 0 aromatic carbocycles. The van der Waals surface area contributed by atoms with Crippen LogP contribution in [0.3, 0.4) is 0 Å². The second-order valence-electron chi connectivity index (χ2n) is 10.0. The Kier molecular flexibility index (Phi) is 6.37. The van der Waals surface area contributed by atoms with E-state index >= 15 is 0 Å². The molecule has 4 saturated carbocycles. The largest absolute Gasteiger partial charge is 0.369 e. The summed E-state index contributed by atoms with van der Waals surface area (Å²) in [5.74, 6) is -5.03. The number of halogens is 4. The summed E-state index contributed by atoms with van der Waals surface area (Å²) in [6, 6.07) is 0. The van der Waals surface area contributed by atoms with Gasteiger partial charge < -0.3 is 22.9 Å². The predicted octanol–water partition coefficient (Wildman–Crippen LogP) is 1.27. The first-order valence-electron chi connectivity index (χ1n) is 10.6. The molecule has 8 nitrogen and oxygen atoms in total. The van der Waals surface area contributed by atoms with Gasteiger partial charge in [-0.15, -0.1) is 0 Å². The maximum Gasteiger partial charge on any atom is 0.221 e. The van der Waals surface area contributed by atoms with Crippen molar-refractivity contribution in [2.24, 2.45) is 69.3 Å². The summed E-state index contributed by atoms with van der Waals surface area (Å²) in [6.45, 7) is 0. The Bertz CT molecular complexity index is 822. The van der Waals surface area contributed by atoms with Crippen molar-refractivity contribution in [3.05, 3.63) is 0 Å². The summed E-state index contributed by atoms with van der Waals surface area (Å²) in [7, 11) is 0. The number of hydrogen-bond acceptors (Lipinski definition) is 4. The highest BCUT2D eigenvalue weighted by molar-refractivity contribution is 9.12. The zero-order valence-electron chi connectivity index (χ0n) is 17.1. The third-order valence-electron chi connectivity index (χ3n) is 8.91. The third-order valence-corrected chi connectivity index (χ3v) is 15.7. The highest BCUT2D eigenvalue weighted by atomic mass is 79.9. The molecule has 4 rings (SSSR count). The average Bonchev–Trinajstić information content (AvgIpc) is 3.37. The zero-order valence-corrected chi connectivity index (χ0v) is 23.4. The summed E-state index contributed by atoms with van der Waals surface area (Å²) in [6.07, 6.45) is 2.29. The predicted molar refractivity (Wildman–Crippen MR) is 132 cm³/mol. The van der Waals surface area contributed by atoms with Crippen molar-refractivity contribution in [3.8, 4) is 0 Å². The number of carbonyl (C=O) groups excluding carboxylic acids is 4. The van der Waals surface area contributed by atoms with Gasteiger partial charge in [-0.25, -0.2) is 0 Å². The quantitative estimate of drug-likeness (QED) is 0.293. The van der Waals surface area contributed by atoms with Crippen molar-refractivity contribution in [3.63, 3.8) is 0 Å². The molecule has 178 valence electrons. The molecular weight excluding hydrogens is 680 g/mol. The van der Waals surface area contributed by atoms with Gasteiger partial charge in [0.1, 0.15) is 0 Å². The van der Waals surface area contributed by atoms with Gasteiger partial charge in [0.05, 0.1) is 23.7 Å². The van der Waals surface area contributed by atoms with Gasteiger partial charge in [0.2, 0.25) is 23.6 Å². The van der Waals surface area contributed by atoms with Crippen molar-refractivity contribution in [1.29, 1.82) is 0 Å². The van der Waals surface area contributed by atoms with E-state index in [0.29, 0.717) is 25.7 Å². The van der Waals surface area contributed by atoms with Gasteiger partial charge in [-0.05, 0) is 48.3 Å². The summed E-state index contributed by atoms with van der Waals surface area (Å²) >= 11 is 15.0. The second-order valence-corrected chi connectivity index (χ2v) is 14.1. The molecule has 0 saturated heterocycles. The molecule has 0 aliphatic heterocycles. The van der Waals surface area contributed by atoms with E-state index in [1.165, 1.54) is 0 Å². The van der Waals surface area contributed by atoms with Crippen LogP contribution in [-0.2, 0) is 19.2 Å². The number of primary amides is 4. The van der Waals surface area contributed by atoms with E-state index in [4.69, 9.17) is 22.9 Å². The van der Waals surface area contributed by atoms with E-state index in [1.807, 2.05) is 0 Å². The van der Waals surface area contributed by atoms with E-state index in [-0.39, 0.29) is 31.1 Å². The highest BCUT2D eigenvalue weighted by Gasteiger charge is 2.72. The molecule has 12 atom stereocenters. The van der Waals surface area contributed by atoms with Crippen LogP contribution in [0.1, 0.15) is 25.7 Å². The zero-order chi connectivity index (χ0) is 23.9. The van der Waals surface area contributed by atoms with Crippen molar-refractivity contribution in [2.75, 3.05) is 0 Å². The third kappa shape index (κ3) is 3.13. The van der Waals surface area contributed by atoms with Gasteiger partial charge in [-0.3, -0.25) is 19.2 Å². The fraction of sp³-hybridized carbons (Fsp3) is 0.800. The minimum atomic E-state index is -0.703. The molecule has 4 aliphatic rings. The van der Waals surface area contributed by atoms with Gasteiger partial charge in [0.15, 0.2) is 0 Å². The Hall–Kier alpha value is -0.200. The van der Waals surface area contributed by atoms with Crippen LogP contribution in [0.15, 0.2) is 0 Å². The summed E-state index contributed by atoms with van der Waals surface area (Å²) < 4.78 is 0. The maximum absolute atomic E-state index is 12.6. The fourth-order valence-corrected chi connectivity index (χ4v) is 12.1. The highest BCUT2D eigenvalue weighted by Crippen LogP contribution is 2.71. The molecule has 4 amide bonds. The molecule has 4 aliphatic carbocycles. The Morgan fingerprint density at radius 3 is 1.19 bits per heavy atom. The Morgan fingerprint density at radius 2 is 0.938 bits per heavy atom. The molecule has 0 aromatic rings. The number of alkyl halides is 4. The first kappa shape index (κ1) is 24.9. The summed E-state index contributed by atoms with van der Waals surface area (Å²) in [5.41, 5.74) is 21.8. The van der Waals surface area contributed by atoms with E-state index in [1.54, 1.807) is 0 Å². The summed E-state index contributed by atoms with van der Waals surface area (Å²) in [5, 5.41) is 0. The van der Waals surface area contributed by atoms with Crippen LogP contribution in [-0.4, -0.2) is 42.9 Å². The van der Waals surface area contributed by atoms with Crippen LogP contribution in [0.5, 0.6) is 0 Å². The van der Waals surface area contributed by atoms with E-state index in [2.05, 4.69) is 63.7 Å². The molecular formula is C20H26Br4N4O4. The molecule has 0 heterocycles. The van der Waals surface area contributed by atoms with Crippen LogP contribution < -0.4 is 22.9 Å². The van der Waals surface area contributed by atoms with Crippen molar-refractivity contribution >= 4 is 87.3 Å². The fourth-order valence-electron chi connectivity index (χ4n) is 7.78. The molecule has 0 spiro atoms. The lowest BCUT2D eigenvalue weighted by Crippen LogP contribution is -2.55. The minimum Gasteiger partial charge on any atom is -0.369 e. The monoisotopic (exact) mass is 702 g/mol. The standard InChI is InChI=1S/C20H26Br4N4O4/c21-11-5-3-19(13(11)23,9(17(27)31)7(5)15(25)29)1-2-20-4-6(12(22)14(20)24)8(16(26)30)10(20)18(28)32/h5-14H,1-4H2,(H2,25,29)(H2,26,30)(H2,27,31)(H2,28,32). The summed E-state index contributed by atoms with van der Waals surface area (Å²) in [4.78, 5) is 49.5. The smallest absolute Gasteiger partial charge is 0.221 e. The van der Waals surface area contributed by atoms with Gasteiger partial charge in [-0.1, -0.05) is 63.7 Å². The van der Waals surface area contributed by atoms with Crippen molar-refractivity contribution in [1.82, 2.24) is 0 Å². The molecule has 32 heavy (non-hydrogen) atoms. The van der Waals surface area contributed by atoms with E-state index in [9.17, 15) is 19.2 Å². The molecule has 0 radical (unpaired) electrons. The topological polar surface area (TPSA) is 172 Å². The Labute approximate surface area is 219 Å². The number of hydrogen-bond donors (Lipinski definition) is 4. The average molecular weight is 706 g/mol. The van der Waals surface area contributed by atoms with Gasteiger partial charge in [0, 0.05) is 19.3 Å². The molecule has 12 heteroatoms. The van der Waals surface area contributed by atoms with Gasteiger partial charge in [0.25, 0.3) is 0 Å².